The molecule has 0 saturated carbocycles. The van der Waals surface area contributed by atoms with Gasteiger partial charge in [0.2, 0.25) is 6.29 Å². The lowest BCUT2D eigenvalue weighted by molar-refractivity contribution is -0.385. The fourth-order valence-corrected chi connectivity index (χ4v) is 4.36. The van der Waals surface area contributed by atoms with Gasteiger partial charge in [0.05, 0.1) is 18.5 Å². The van der Waals surface area contributed by atoms with Crippen molar-refractivity contribution in [2.45, 2.75) is 43.4 Å². The van der Waals surface area contributed by atoms with Crippen LogP contribution in [0.5, 0.6) is 5.75 Å². The summed E-state index contributed by atoms with van der Waals surface area (Å²) >= 11 is 0. The number of ether oxygens (including phenoxy) is 2. The molecule has 1 aliphatic heterocycles. The van der Waals surface area contributed by atoms with Gasteiger partial charge in [-0.15, -0.1) is 0 Å². The molecule has 5 N–H and O–H groups in total. The van der Waals surface area contributed by atoms with Gasteiger partial charge in [0.25, 0.3) is 5.79 Å². The van der Waals surface area contributed by atoms with Crippen molar-refractivity contribution in [1.29, 1.82) is 0 Å². The van der Waals surface area contributed by atoms with Crippen molar-refractivity contribution in [1.82, 2.24) is 9.55 Å². The number of aliphatic hydroxyl groups is 5. The zero-order chi connectivity index (χ0) is 23.9. The molecule has 1 aliphatic rings. The lowest BCUT2D eigenvalue weighted by Gasteiger charge is -2.45. The maximum Gasteiger partial charge on any atom is 0.288 e. The third-order valence-electron chi connectivity index (χ3n) is 6.30. The van der Waals surface area contributed by atoms with Gasteiger partial charge in [-0.1, -0.05) is 48.5 Å². The zero-order valence-electron chi connectivity index (χ0n) is 18.2. The molecule has 0 bridgehead atoms. The Balaban J connectivity index is 1.42. The normalized spacial score (nSPS) is 27.3. The minimum Gasteiger partial charge on any atom is -0.452 e. The first-order chi connectivity index (χ1) is 16.4. The van der Waals surface area contributed by atoms with Gasteiger partial charge < -0.3 is 39.6 Å². The fraction of sp³-hybridized carbons (Fsp3) is 0.320. The molecule has 9 heteroatoms. The van der Waals surface area contributed by atoms with Crippen molar-refractivity contribution in [3.8, 4) is 5.75 Å². The molecule has 34 heavy (non-hydrogen) atoms. The molecule has 0 spiro atoms. The number of aliphatic hydroxyl groups excluding tert-OH is 4. The number of para-hydroxylation sites is 1. The fourth-order valence-electron chi connectivity index (χ4n) is 4.36. The molecular weight excluding hydrogens is 440 g/mol. The van der Waals surface area contributed by atoms with E-state index < -0.39 is 37.0 Å². The van der Waals surface area contributed by atoms with E-state index in [4.69, 9.17) is 9.47 Å². The van der Waals surface area contributed by atoms with Gasteiger partial charge in [-0.25, -0.2) is 4.98 Å². The number of imidazole rings is 1. The number of benzene rings is 3. The molecule has 3 aromatic carbocycles. The summed E-state index contributed by atoms with van der Waals surface area (Å²) in [4.78, 5) is 4.40. The Morgan fingerprint density at radius 3 is 2.59 bits per heavy atom. The summed E-state index contributed by atoms with van der Waals surface area (Å²) in [5, 5.41) is 53.5. The summed E-state index contributed by atoms with van der Waals surface area (Å²) in [6, 6.07) is 19.4. The predicted octanol–water partition coefficient (Wildman–Crippen LogP) is 0.931. The first kappa shape index (κ1) is 22.7. The van der Waals surface area contributed by atoms with Crippen molar-refractivity contribution >= 4 is 21.8 Å². The summed E-state index contributed by atoms with van der Waals surface area (Å²) in [7, 11) is 0. The zero-order valence-corrected chi connectivity index (χ0v) is 18.2. The molecule has 0 radical (unpaired) electrons. The van der Waals surface area contributed by atoms with Crippen molar-refractivity contribution in [2.75, 3.05) is 6.61 Å². The van der Waals surface area contributed by atoms with Crippen molar-refractivity contribution < 1.29 is 35.0 Å². The van der Waals surface area contributed by atoms with Crippen LogP contribution in [0, 0.1) is 0 Å². The summed E-state index contributed by atoms with van der Waals surface area (Å²) in [6.07, 6.45) is -4.51. The standard InChI is InChI=1S/C25H26N2O7/c28-13-20-22(29)23(30)25(32,24(31)33-20)34-19-7-3-6-18-21(19)27(14-26-18)11-10-15-8-9-16-4-1-2-5-17(16)12-15/h1-9,12,14,20,22-24,28-32H,10-11,13H2/t20-,22-,23+,24?,25+/m1/s1. The molecule has 5 rings (SSSR count). The van der Waals surface area contributed by atoms with Gasteiger partial charge in [-0.05, 0) is 34.9 Å². The largest absolute Gasteiger partial charge is 0.452 e. The number of rotatable bonds is 6. The van der Waals surface area contributed by atoms with Crippen LogP contribution < -0.4 is 4.74 Å². The number of aryl methyl sites for hydroxylation is 2. The van der Waals surface area contributed by atoms with E-state index >= 15 is 0 Å². The molecule has 178 valence electrons. The third-order valence-corrected chi connectivity index (χ3v) is 6.30. The van der Waals surface area contributed by atoms with Crippen LogP contribution in [0.1, 0.15) is 5.56 Å². The first-order valence-corrected chi connectivity index (χ1v) is 11.0. The van der Waals surface area contributed by atoms with Crippen LogP contribution in [-0.4, -0.2) is 72.1 Å². The number of fused-ring (bicyclic) bond motifs is 2. The van der Waals surface area contributed by atoms with Crippen molar-refractivity contribution in [2.24, 2.45) is 0 Å². The Morgan fingerprint density at radius 2 is 1.79 bits per heavy atom. The van der Waals surface area contributed by atoms with Crippen LogP contribution >= 0.6 is 0 Å². The third kappa shape index (κ3) is 3.92. The average Bonchev–Trinajstić information content (AvgIpc) is 3.28. The number of aromatic nitrogens is 2. The van der Waals surface area contributed by atoms with E-state index in [1.54, 1.807) is 24.5 Å². The van der Waals surface area contributed by atoms with E-state index in [1.807, 2.05) is 16.7 Å². The van der Waals surface area contributed by atoms with Gasteiger partial charge >= 0.3 is 0 Å². The first-order valence-electron chi connectivity index (χ1n) is 11.0. The molecule has 1 unspecified atom stereocenters. The van der Waals surface area contributed by atoms with Crippen molar-refractivity contribution in [3.05, 3.63) is 72.6 Å². The number of hydrogen-bond donors (Lipinski definition) is 5. The number of hydrogen-bond acceptors (Lipinski definition) is 8. The lowest BCUT2D eigenvalue weighted by Crippen LogP contribution is -2.69. The second-order valence-electron chi connectivity index (χ2n) is 8.49. The van der Waals surface area contributed by atoms with Gasteiger partial charge in [-0.2, -0.15) is 0 Å². The van der Waals surface area contributed by atoms with Gasteiger partial charge in [0.15, 0.2) is 6.10 Å². The Kier molecular flexibility index (Phi) is 5.98. The van der Waals surface area contributed by atoms with Gasteiger partial charge in [0, 0.05) is 6.54 Å². The molecule has 0 aliphatic carbocycles. The van der Waals surface area contributed by atoms with E-state index in [0.29, 0.717) is 24.0 Å². The Bertz CT molecular complexity index is 1310. The highest BCUT2D eigenvalue weighted by Crippen LogP contribution is 2.35. The molecule has 5 atom stereocenters. The van der Waals surface area contributed by atoms with Crippen LogP contribution in [0.2, 0.25) is 0 Å². The monoisotopic (exact) mass is 466 g/mol. The maximum absolute atomic E-state index is 10.9. The molecule has 9 nitrogen and oxygen atoms in total. The van der Waals surface area contributed by atoms with Crippen molar-refractivity contribution in [3.63, 3.8) is 0 Å². The van der Waals surface area contributed by atoms with E-state index in [2.05, 4.69) is 35.3 Å². The molecule has 0 amide bonds. The SMILES string of the molecule is OC[C@H]1OC(O)[C@@](O)(Oc2cccc3ncn(CCc4ccc5ccccc5c4)c23)[C@@H](O)[C@@H]1O. The van der Waals surface area contributed by atoms with Crippen LogP contribution in [0.15, 0.2) is 67.0 Å². The van der Waals surface area contributed by atoms with Crippen LogP contribution in [0.25, 0.3) is 21.8 Å². The smallest absolute Gasteiger partial charge is 0.288 e. The molecule has 4 aromatic rings. The second kappa shape index (κ2) is 8.95. The Morgan fingerprint density at radius 1 is 1.00 bits per heavy atom. The second-order valence-corrected chi connectivity index (χ2v) is 8.49. The minimum atomic E-state index is -2.66. The van der Waals surface area contributed by atoms with Gasteiger partial charge in [-0.3, -0.25) is 0 Å². The molecule has 1 saturated heterocycles. The molecule has 2 heterocycles. The molecular formula is C25H26N2O7. The summed E-state index contributed by atoms with van der Waals surface area (Å²) in [5.41, 5.74) is 2.28. The van der Waals surface area contributed by atoms with E-state index in [1.165, 1.54) is 5.39 Å². The molecule has 1 aromatic heterocycles. The quantitative estimate of drug-likeness (QED) is 0.265. The summed E-state index contributed by atoms with van der Waals surface area (Å²) in [5.74, 6) is -2.51. The predicted molar refractivity (Wildman–Crippen MR) is 123 cm³/mol. The lowest BCUT2D eigenvalue weighted by atomic mass is 9.96. The van der Waals surface area contributed by atoms with Gasteiger partial charge in [0.1, 0.15) is 23.5 Å². The van der Waals surface area contributed by atoms with Crippen LogP contribution in [0.3, 0.4) is 0 Å². The summed E-state index contributed by atoms with van der Waals surface area (Å²) in [6.45, 7) is -0.0903. The van der Waals surface area contributed by atoms with Crippen LogP contribution in [-0.2, 0) is 17.7 Å². The molecule has 1 fully saturated rings. The summed E-state index contributed by atoms with van der Waals surface area (Å²) < 4.78 is 12.6. The Labute approximate surface area is 195 Å². The topological polar surface area (TPSA) is 137 Å². The van der Waals surface area contributed by atoms with E-state index in [-0.39, 0.29) is 5.75 Å². The maximum atomic E-state index is 10.9. The Hall–Kier alpha value is -3.05. The minimum absolute atomic E-state index is 0.146. The highest BCUT2D eigenvalue weighted by molar-refractivity contribution is 5.83. The van der Waals surface area contributed by atoms with E-state index in [0.717, 1.165) is 10.9 Å². The highest BCUT2D eigenvalue weighted by atomic mass is 16.7. The highest BCUT2D eigenvalue weighted by Gasteiger charge is 2.57. The van der Waals surface area contributed by atoms with E-state index in [9.17, 15) is 25.5 Å². The number of nitrogens with zero attached hydrogens (tertiary/aromatic N) is 2. The van der Waals surface area contributed by atoms with Crippen LogP contribution in [0.4, 0.5) is 0 Å². The average molecular weight is 466 g/mol.